The lowest BCUT2D eigenvalue weighted by Gasteiger charge is -2.24. The lowest BCUT2D eigenvalue weighted by Crippen LogP contribution is -2.28. The highest BCUT2D eigenvalue weighted by Gasteiger charge is 2.56. The van der Waals surface area contributed by atoms with Gasteiger partial charge in [-0.25, -0.2) is 4.79 Å². The quantitative estimate of drug-likeness (QED) is 0.433. The fraction of sp³-hybridized carbons (Fsp3) is 0.435. The van der Waals surface area contributed by atoms with E-state index in [1.54, 1.807) is 0 Å². The third-order valence-corrected chi connectivity index (χ3v) is 4.76. The Morgan fingerprint density at radius 1 is 0.929 bits per heavy atom. The van der Waals surface area contributed by atoms with E-state index in [1.165, 1.54) is 0 Å². The second kappa shape index (κ2) is 7.43. The van der Waals surface area contributed by atoms with Crippen molar-refractivity contribution in [3.8, 4) is 5.75 Å². The minimum absolute atomic E-state index is 0.0762. The molecule has 1 saturated heterocycles. The van der Waals surface area contributed by atoms with Crippen molar-refractivity contribution in [2.24, 2.45) is 0 Å². The molecule has 0 unspecified atom stereocenters. The van der Waals surface area contributed by atoms with Crippen LogP contribution in [0.1, 0.15) is 53.1 Å². The van der Waals surface area contributed by atoms with E-state index in [0.29, 0.717) is 0 Å². The van der Waals surface area contributed by atoms with E-state index in [4.69, 9.17) is 9.47 Å². The average molecular weight is 446 g/mol. The van der Waals surface area contributed by atoms with Crippen LogP contribution in [0, 0.1) is 0 Å². The van der Waals surface area contributed by atoms with Crippen molar-refractivity contribution in [2.75, 3.05) is 4.90 Å². The molecule has 0 spiro atoms. The molecule has 1 aliphatic rings. The maximum atomic E-state index is 12.9. The summed E-state index contributed by atoms with van der Waals surface area (Å²) >= 11 is 3.48. The van der Waals surface area contributed by atoms with Gasteiger partial charge in [-0.1, -0.05) is 40.2 Å². The highest BCUT2D eigenvalue weighted by molar-refractivity contribution is 9.10. The van der Waals surface area contributed by atoms with Crippen molar-refractivity contribution in [3.63, 3.8) is 0 Å². The van der Waals surface area contributed by atoms with Gasteiger partial charge in [0.1, 0.15) is 17.0 Å². The summed E-state index contributed by atoms with van der Waals surface area (Å²) in [6, 6.07) is 15.5. The number of nitrogens with zero attached hydrogens (tertiary/aromatic N) is 1. The molecule has 28 heavy (non-hydrogen) atoms. The SMILES string of the molecule is CC(C)(C)OC(=O)[C@H]1[C@@H](c2ccc(Br)cc2)N1c1ccccc1OC(C)(C)C. The smallest absolute Gasteiger partial charge is 0.331 e. The summed E-state index contributed by atoms with van der Waals surface area (Å²) in [5.41, 5.74) is 1.11. The van der Waals surface area contributed by atoms with Crippen LogP contribution in [-0.4, -0.2) is 23.2 Å². The zero-order chi connectivity index (χ0) is 20.7. The van der Waals surface area contributed by atoms with E-state index in [-0.39, 0.29) is 23.7 Å². The normalized spacial score (nSPS) is 19.3. The fourth-order valence-electron chi connectivity index (χ4n) is 3.23. The molecule has 1 fully saturated rings. The summed E-state index contributed by atoms with van der Waals surface area (Å²) in [7, 11) is 0. The number of anilines is 1. The number of rotatable bonds is 4. The summed E-state index contributed by atoms with van der Waals surface area (Å²) in [5.74, 6) is 0.550. The number of esters is 1. The molecule has 0 N–H and O–H groups in total. The molecule has 0 aliphatic carbocycles. The van der Waals surface area contributed by atoms with Crippen LogP contribution in [-0.2, 0) is 9.53 Å². The van der Waals surface area contributed by atoms with E-state index in [0.717, 1.165) is 21.5 Å². The van der Waals surface area contributed by atoms with E-state index in [9.17, 15) is 4.79 Å². The number of benzene rings is 2. The van der Waals surface area contributed by atoms with Crippen LogP contribution in [0.2, 0.25) is 0 Å². The minimum Gasteiger partial charge on any atom is -0.486 e. The van der Waals surface area contributed by atoms with Crippen molar-refractivity contribution >= 4 is 27.6 Å². The number of ether oxygens (including phenoxy) is 2. The number of halogens is 1. The average Bonchev–Trinajstić information content (AvgIpc) is 3.28. The first-order valence-corrected chi connectivity index (χ1v) is 10.3. The van der Waals surface area contributed by atoms with Gasteiger partial charge in [-0.2, -0.15) is 0 Å². The predicted octanol–water partition coefficient (Wildman–Crippen LogP) is 5.90. The summed E-state index contributed by atoms with van der Waals surface area (Å²) in [4.78, 5) is 15.0. The van der Waals surface area contributed by atoms with Crippen molar-refractivity contribution in [2.45, 2.75) is 64.8 Å². The molecule has 0 bridgehead atoms. The van der Waals surface area contributed by atoms with Gasteiger partial charge >= 0.3 is 5.97 Å². The standard InChI is InChI=1S/C23H28BrNO3/c1-22(2,3)27-18-10-8-7-9-17(18)25-19(15-11-13-16(24)14-12-15)20(25)21(26)28-23(4,5)6/h7-14,19-20H,1-6H3/t19-,20-,25?/m1/s1. The Bertz CT molecular complexity index is 849. The minimum atomic E-state index is -0.531. The zero-order valence-electron chi connectivity index (χ0n) is 17.3. The van der Waals surface area contributed by atoms with Crippen LogP contribution in [0.4, 0.5) is 5.69 Å². The molecule has 1 aliphatic heterocycles. The summed E-state index contributed by atoms with van der Waals surface area (Å²) in [6.45, 7) is 11.7. The first-order valence-electron chi connectivity index (χ1n) is 9.51. The van der Waals surface area contributed by atoms with Gasteiger partial charge in [-0.3, -0.25) is 0 Å². The van der Waals surface area contributed by atoms with Gasteiger partial charge in [0.25, 0.3) is 0 Å². The van der Waals surface area contributed by atoms with Gasteiger partial charge in [0.2, 0.25) is 0 Å². The van der Waals surface area contributed by atoms with Crippen molar-refractivity contribution < 1.29 is 14.3 Å². The molecule has 2 aromatic rings. The molecule has 4 nitrogen and oxygen atoms in total. The van der Waals surface area contributed by atoms with E-state index in [2.05, 4.69) is 20.8 Å². The lowest BCUT2D eigenvalue weighted by molar-refractivity contribution is -0.154. The van der Waals surface area contributed by atoms with E-state index >= 15 is 0 Å². The second-order valence-corrected chi connectivity index (χ2v) is 9.98. The molecule has 0 aromatic heterocycles. The Labute approximate surface area is 176 Å². The Kier molecular flexibility index (Phi) is 5.50. The number of hydrogen-bond donors (Lipinski definition) is 0. The third kappa shape index (κ3) is 4.88. The van der Waals surface area contributed by atoms with Crippen LogP contribution >= 0.6 is 15.9 Å². The molecule has 0 saturated carbocycles. The third-order valence-electron chi connectivity index (χ3n) is 4.23. The van der Waals surface area contributed by atoms with Gasteiger partial charge < -0.3 is 14.4 Å². The Morgan fingerprint density at radius 2 is 1.54 bits per heavy atom. The van der Waals surface area contributed by atoms with E-state index in [1.807, 2.05) is 90.1 Å². The second-order valence-electron chi connectivity index (χ2n) is 9.06. The van der Waals surface area contributed by atoms with Gasteiger partial charge in [0.05, 0.1) is 11.7 Å². The molecule has 0 amide bonds. The first-order chi connectivity index (χ1) is 13.0. The first kappa shape index (κ1) is 20.7. The number of hydrogen-bond acceptors (Lipinski definition) is 4. The maximum absolute atomic E-state index is 12.9. The molecular weight excluding hydrogens is 418 g/mol. The summed E-state index contributed by atoms with van der Waals surface area (Å²) in [5, 5.41) is 0. The van der Waals surface area contributed by atoms with Gasteiger partial charge in [-0.05, 0) is 71.4 Å². The molecule has 150 valence electrons. The molecule has 0 radical (unpaired) electrons. The number of carbonyl (C=O) groups is 1. The predicted molar refractivity (Wildman–Crippen MR) is 116 cm³/mol. The largest absolute Gasteiger partial charge is 0.486 e. The number of para-hydroxylation sites is 2. The molecule has 2 aromatic carbocycles. The molecule has 3 rings (SSSR count). The Morgan fingerprint density at radius 3 is 2.11 bits per heavy atom. The Balaban J connectivity index is 1.97. The van der Waals surface area contributed by atoms with E-state index < -0.39 is 5.60 Å². The molecule has 1 heterocycles. The topological polar surface area (TPSA) is 38.5 Å². The van der Waals surface area contributed by atoms with Crippen LogP contribution in [0.3, 0.4) is 0 Å². The van der Waals surface area contributed by atoms with Gasteiger partial charge in [0, 0.05) is 4.47 Å². The zero-order valence-corrected chi connectivity index (χ0v) is 18.9. The fourth-order valence-corrected chi connectivity index (χ4v) is 3.49. The summed E-state index contributed by atoms with van der Waals surface area (Å²) in [6.07, 6.45) is 0. The van der Waals surface area contributed by atoms with Crippen molar-refractivity contribution in [1.29, 1.82) is 0 Å². The molecule has 5 heteroatoms. The highest BCUT2D eigenvalue weighted by atomic mass is 79.9. The van der Waals surface area contributed by atoms with Gasteiger partial charge in [0.15, 0.2) is 6.04 Å². The van der Waals surface area contributed by atoms with Gasteiger partial charge in [-0.15, -0.1) is 0 Å². The highest BCUT2D eigenvalue weighted by Crippen LogP contribution is 2.51. The van der Waals surface area contributed by atoms with Crippen LogP contribution in [0.5, 0.6) is 5.75 Å². The maximum Gasteiger partial charge on any atom is 0.331 e. The van der Waals surface area contributed by atoms with Crippen molar-refractivity contribution in [3.05, 3.63) is 58.6 Å². The number of carbonyl (C=O) groups excluding carboxylic acids is 1. The monoisotopic (exact) mass is 445 g/mol. The van der Waals surface area contributed by atoms with Crippen LogP contribution in [0.15, 0.2) is 53.0 Å². The van der Waals surface area contributed by atoms with Crippen molar-refractivity contribution in [1.82, 2.24) is 0 Å². The summed E-state index contributed by atoms with van der Waals surface area (Å²) < 4.78 is 12.9. The molecular formula is C23H28BrNO3. The lowest BCUT2D eigenvalue weighted by atomic mass is 10.1. The Hall–Kier alpha value is -2.01. The van der Waals surface area contributed by atoms with Crippen LogP contribution in [0.25, 0.3) is 0 Å². The van der Waals surface area contributed by atoms with Crippen LogP contribution < -0.4 is 9.64 Å². The molecule has 2 atom stereocenters.